The summed E-state index contributed by atoms with van der Waals surface area (Å²) in [5, 5.41) is 1.48. The number of fused-ring (bicyclic) bond motifs is 1. The van der Waals surface area contributed by atoms with Gasteiger partial charge in [-0.25, -0.2) is 13.1 Å². The summed E-state index contributed by atoms with van der Waals surface area (Å²) in [6.07, 6.45) is 0.280. The number of hydrogen-bond donors (Lipinski definition) is 1. The van der Waals surface area contributed by atoms with Crippen LogP contribution in [-0.2, 0) is 29.1 Å². The lowest BCUT2D eigenvalue weighted by Crippen LogP contribution is -2.37. The van der Waals surface area contributed by atoms with Gasteiger partial charge in [-0.2, -0.15) is 0 Å². The number of carbonyl (C=O) groups excluding carboxylic acids is 2. The molecule has 2 aromatic rings. The van der Waals surface area contributed by atoms with Crippen molar-refractivity contribution in [3.63, 3.8) is 0 Å². The van der Waals surface area contributed by atoms with Gasteiger partial charge in [0, 0.05) is 56.7 Å². The average Bonchev–Trinajstić information content (AvgIpc) is 2.78. The Kier molecular flexibility index (Phi) is 9.42. The van der Waals surface area contributed by atoms with Crippen molar-refractivity contribution in [1.82, 2.24) is 9.62 Å². The van der Waals surface area contributed by atoms with Gasteiger partial charge in [-0.05, 0) is 12.1 Å². The van der Waals surface area contributed by atoms with Crippen molar-refractivity contribution < 1.29 is 27.5 Å². The largest absolute Gasteiger partial charge is 0.469 e. The van der Waals surface area contributed by atoms with Gasteiger partial charge in [-0.15, -0.1) is 0 Å². The summed E-state index contributed by atoms with van der Waals surface area (Å²) in [5.74, 6) is -0.748. The highest BCUT2D eigenvalue weighted by Crippen LogP contribution is 2.30. The van der Waals surface area contributed by atoms with Gasteiger partial charge in [0.2, 0.25) is 10.0 Å². The quantitative estimate of drug-likeness (QED) is 0.472. The predicted molar refractivity (Wildman–Crippen MR) is 123 cm³/mol. The standard InChI is InChI=1S/C22H31N3O6S/c1-24(2)19-9-5-8-18-17(19)7-6-10-20(18)32(28,29)23-13-16-25(14-11-21(26)30-3)15-12-22(27)31-4/h5-10,23H,11-16H2,1-4H3. The summed E-state index contributed by atoms with van der Waals surface area (Å²) in [6.45, 7) is 1.12. The zero-order valence-corrected chi connectivity index (χ0v) is 19.8. The van der Waals surface area contributed by atoms with E-state index in [2.05, 4.69) is 14.2 Å². The van der Waals surface area contributed by atoms with Gasteiger partial charge in [0.05, 0.1) is 32.0 Å². The van der Waals surface area contributed by atoms with E-state index in [0.29, 0.717) is 25.0 Å². The third kappa shape index (κ3) is 6.91. The van der Waals surface area contributed by atoms with E-state index in [1.807, 2.05) is 42.1 Å². The molecule has 0 aliphatic rings. The van der Waals surface area contributed by atoms with Crippen LogP contribution < -0.4 is 9.62 Å². The topological polar surface area (TPSA) is 105 Å². The molecule has 2 rings (SSSR count). The number of esters is 2. The minimum atomic E-state index is -3.78. The molecule has 0 atom stereocenters. The lowest BCUT2D eigenvalue weighted by atomic mass is 10.1. The first kappa shape index (κ1) is 25.6. The molecular weight excluding hydrogens is 434 g/mol. The fourth-order valence-corrected chi connectivity index (χ4v) is 4.58. The molecule has 32 heavy (non-hydrogen) atoms. The van der Waals surface area contributed by atoms with Gasteiger partial charge in [-0.1, -0.05) is 24.3 Å². The van der Waals surface area contributed by atoms with Crippen LogP contribution in [-0.4, -0.2) is 79.8 Å². The van der Waals surface area contributed by atoms with Gasteiger partial charge >= 0.3 is 11.9 Å². The van der Waals surface area contributed by atoms with Crippen LogP contribution in [0.25, 0.3) is 10.8 Å². The molecule has 2 aromatic carbocycles. The normalized spacial score (nSPS) is 11.5. The van der Waals surface area contributed by atoms with E-state index in [4.69, 9.17) is 0 Å². The van der Waals surface area contributed by atoms with Crippen LogP contribution in [0.5, 0.6) is 0 Å². The highest BCUT2D eigenvalue weighted by Gasteiger charge is 2.19. The van der Waals surface area contributed by atoms with Crippen LogP contribution in [0.2, 0.25) is 0 Å². The number of benzene rings is 2. The molecule has 0 aliphatic heterocycles. The maximum absolute atomic E-state index is 13.0. The Balaban J connectivity index is 2.12. The van der Waals surface area contributed by atoms with Gasteiger partial charge in [0.1, 0.15) is 0 Å². The fraction of sp³-hybridized carbons (Fsp3) is 0.455. The first-order valence-corrected chi connectivity index (χ1v) is 11.7. The Bertz CT molecular complexity index is 1020. The Hall–Kier alpha value is -2.69. The van der Waals surface area contributed by atoms with Crippen LogP contribution in [0.1, 0.15) is 12.8 Å². The maximum Gasteiger partial charge on any atom is 0.306 e. The van der Waals surface area contributed by atoms with Crippen LogP contribution in [0.15, 0.2) is 41.3 Å². The molecule has 10 heteroatoms. The molecule has 0 heterocycles. The number of anilines is 1. The molecule has 0 unspecified atom stereocenters. The van der Waals surface area contributed by atoms with E-state index < -0.39 is 10.0 Å². The molecule has 0 saturated carbocycles. The monoisotopic (exact) mass is 465 g/mol. The number of rotatable bonds is 12. The summed E-state index contributed by atoms with van der Waals surface area (Å²) in [7, 11) is 2.65. The van der Waals surface area contributed by atoms with Crippen LogP contribution >= 0.6 is 0 Å². The summed E-state index contributed by atoms with van der Waals surface area (Å²) in [6, 6.07) is 10.8. The van der Waals surface area contributed by atoms with E-state index >= 15 is 0 Å². The lowest BCUT2D eigenvalue weighted by molar-refractivity contribution is -0.141. The van der Waals surface area contributed by atoms with E-state index in [9.17, 15) is 18.0 Å². The van der Waals surface area contributed by atoms with Crippen molar-refractivity contribution in [3.05, 3.63) is 36.4 Å². The number of sulfonamides is 1. The number of nitrogens with zero attached hydrogens (tertiary/aromatic N) is 2. The first-order valence-electron chi connectivity index (χ1n) is 10.2. The number of carbonyl (C=O) groups is 2. The van der Waals surface area contributed by atoms with Crippen molar-refractivity contribution in [1.29, 1.82) is 0 Å². The molecule has 0 aromatic heterocycles. The summed E-state index contributed by atoms with van der Waals surface area (Å²) < 4.78 is 38.0. The molecule has 1 N–H and O–H groups in total. The zero-order valence-electron chi connectivity index (χ0n) is 19.0. The van der Waals surface area contributed by atoms with E-state index in [1.165, 1.54) is 14.2 Å². The second kappa shape index (κ2) is 11.8. The highest BCUT2D eigenvalue weighted by molar-refractivity contribution is 7.89. The third-order valence-corrected chi connectivity index (χ3v) is 6.59. The molecule has 176 valence electrons. The smallest absolute Gasteiger partial charge is 0.306 e. The Morgan fingerprint density at radius 2 is 1.44 bits per heavy atom. The SMILES string of the molecule is COC(=O)CCN(CCNS(=O)(=O)c1cccc2c(N(C)C)cccc12)CCC(=O)OC. The van der Waals surface area contributed by atoms with Crippen LogP contribution in [0, 0.1) is 0 Å². The molecular formula is C22H31N3O6S. The Morgan fingerprint density at radius 1 is 0.875 bits per heavy atom. The summed E-state index contributed by atoms with van der Waals surface area (Å²) in [5.41, 5.74) is 0.927. The second-order valence-corrected chi connectivity index (χ2v) is 9.15. The second-order valence-electron chi connectivity index (χ2n) is 7.41. The summed E-state index contributed by atoms with van der Waals surface area (Å²) in [4.78, 5) is 26.9. The Morgan fingerprint density at radius 3 is 2.00 bits per heavy atom. The van der Waals surface area contributed by atoms with Gasteiger partial charge in [0.15, 0.2) is 0 Å². The van der Waals surface area contributed by atoms with Crippen molar-refractivity contribution in [3.8, 4) is 0 Å². The zero-order chi connectivity index (χ0) is 23.7. The molecule has 0 saturated heterocycles. The number of ether oxygens (including phenoxy) is 2. The van der Waals surface area contributed by atoms with Crippen molar-refractivity contribution in [2.24, 2.45) is 0 Å². The molecule has 0 aliphatic carbocycles. The molecule has 0 radical (unpaired) electrons. The predicted octanol–water partition coefficient (Wildman–Crippen LogP) is 1.61. The van der Waals surface area contributed by atoms with E-state index in [1.54, 1.807) is 18.2 Å². The van der Waals surface area contributed by atoms with Crippen molar-refractivity contribution >= 4 is 38.4 Å². The molecule has 0 fully saturated rings. The molecule has 0 amide bonds. The van der Waals surface area contributed by atoms with E-state index in [0.717, 1.165) is 11.1 Å². The minimum absolute atomic E-state index is 0.119. The number of hydrogen-bond acceptors (Lipinski definition) is 8. The minimum Gasteiger partial charge on any atom is -0.469 e. The molecule has 9 nitrogen and oxygen atoms in total. The highest BCUT2D eigenvalue weighted by atomic mass is 32.2. The molecule has 0 bridgehead atoms. The van der Waals surface area contributed by atoms with Crippen molar-refractivity contribution in [2.45, 2.75) is 17.7 Å². The average molecular weight is 466 g/mol. The number of nitrogens with one attached hydrogen (secondary N) is 1. The maximum atomic E-state index is 13.0. The van der Waals surface area contributed by atoms with Crippen LogP contribution in [0.3, 0.4) is 0 Å². The van der Waals surface area contributed by atoms with Gasteiger partial charge in [0.25, 0.3) is 0 Å². The lowest BCUT2D eigenvalue weighted by Gasteiger charge is -2.21. The fourth-order valence-electron chi connectivity index (χ4n) is 3.34. The first-order chi connectivity index (χ1) is 15.2. The van der Waals surface area contributed by atoms with Gasteiger partial charge in [-0.3, -0.25) is 9.59 Å². The van der Waals surface area contributed by atoms with E-state index in [-0.39, 0.29) is 36.2 Å². The molecule has 0 spiro atoms. The van der Waals surface area contributed by atoms with Crippen molar-refractivity contribution in [2.75, 3.05) is 59.4 Å². The van der Waals surface area contributed by atoms with Crippen LogP contribution in [0.4, 0.5) is 5.69 Å². The number of methoxy groups -OCH3 is 2. The van der Waals surface area contributed by atoms with Gasteiger partial charge < -0.3 is 19.3 Å². The Labute approximate surface area is 189 Å². The third-order valence-electron chi connectivity index (χ3n) is 5.07. The summed E-state index contributed by atoms with van der Waals surface area (Å²) >= 11 is 0.